The van der Waals surface area contributed by atoms with Gasteiger partial charge in [-0.05, 0) is 37.5 Å². The van der Waals surface area contributed by atoms with E-state index in [2.05, 4.69) is 0 Å². The molecule has 6 heteroatoms. The summed E-state index contributed by atoms with van der Waals surface area (Å²) in [6.07, 6.45) is 2.65. The van der Waals surface area contributed by atoms with Gasteiger partial charge >= 0.3 is 10.1 Å². The highest BCUT2D eigenvalue weighted by Crippen LogP contribution is 2.29. The molecule has 0 spiro atoms. The Morgan fingerprint density at radius 1 is 1.24 bits per heavy atom. The Kier molecular flexibility index (Phi) is 4.88. The molecule has 0 heterocycles. The Balaban J connectivity index is 2.03. The van der Waals surface area contributed by atoms with Gasteiger partial charge in [0.1, 0.15) is 5.75 Å². The molecule has 1 aromatic rings. The van der Waals surface area contributed by atoms with Crippen LogP contribution < -0.4 is 4.18 Å². The van der Waals surface area contributed by atoms with Crippen molar-refractivity contribution in [2.24, 2.45) is 0 Å². The second-order valence-corrected chi connectivity index (χ2v) is 7.04. The number of benzene rings is 1. The minimum atomic E-state index is -3.49. The molecule has 0 atom stereocenters. The molecule has 0 radical (unpaired) electrons. The van der Waals surface area contributed by atoms with Gasteiger partial charge in [-0.1, -0.05) is 19.1 Å². The third-order valence-electron chi connectivity index (χ3n) is 3.46. The zero-order chi connectivity index (χ0) is 15.5. The first-order valence-corrected chi connectivity index (χ1v) is 8.83. The lowest BCUT2D eigenvalue weighted by Crippen LogP contribution is -2.31. The second-order valence-electron chi connectivity index (χ2n) is 5.18. The molecule has 0 bridgehead atoms. The smallest absolute Gasteiger partial charge is 0.308 e. The molecular formula is C15H21NO4S. The maximum Gasteiger partial charge on any atom is 0.308 e. The SMILES string of the molecule is CCC(=O)N(Cc1ccc(OS(=O)(=O)CC)cc1)C1CC1. The molecular weight excluding hydrogens is 290 g/mol. The fourth-order valence-electron chi connectivity index (χ4n) is 2.06. The third kappa shape index (κ3) is 4.46. The third-order valence-corrected chi connectivity index (χ3v) is 4.62. The van der Waals surface area contributed by atoms with Gasteiger partial charge in [-0.2, -0.15) is 8.42 Å². The molecule has 1 amide bonds. The Morgan fingerprint density at radius 3 is 2.33 bits per heavy atom. The Hall–Kier alpha value is -1.56. The number of carbonyl (C=O) groups excluding carboxylic acids is 1. The van der Waals surface area contributed by atoms with Gasteiger partial charge in [0.2, 0.25) is 5.91 Å². The van der Waals surface area contributed by atoms with Gasteiger partial charge < -0.3 is 9.08 Å². The van der Waals surface area contributed by atoms with E-state index in [1.807, 2.05) is 11.8 Å². The van der Waals surface area contributed by atoms with Crippen molar-refractivity contribution in [1.29, 1.82) is 0 Å². The molecule has 0 aliphatic heterocycles. The van der Waals surface area contributed by atoms with Gasteiger partial charge in [0.15, 0.2) is 0 Å². The number of hydrogen-bond donors (Lipinski definition) is 0. The van der Waals surface area contributed by atoms with Crippen molar-refractivity contribution < 1.29 is 17.4 Å². The zero-order valence-electron chi connectivity index (χ0n) is 12.4. The minimum Gasteiger partial charge on any atom is -0.382 e. The van der Waals surface area contributed by atoms with Gasteiger partial charge in [0, 0.05) is 19.0 Å². The lowest BCUT2D eigenvalue weighted by Gasteiger charge is -2.22. The van der Waals surface area contributed by atoms with Crippen LogP contribution in [0.5, 0.6) is 5.75 Å². The highest BCUT2D eigenvalue weighted by Gasteiger charge is 2.31. The summed E-state index contributed by atoms with van der Waals surface area (Å²) in [6, 6.07) is 7.24. The summed E-state index contributed by atoms with van der Waals surface area (Å²) >= 11 is 0. The molecule has 5 nitrogen and oxygen atoms in total. The molecule has 1 aromatic carbocycles. The van der Waals surface area contributed by atoms with E-state index in [9.17, 15) is 13.2 Å². The van der Waals surface area contributed by atoms with Crippen molar-refractivity contribution >= 4 is 16.0 Å². The van der Waals surface area contributed by atoms with Crippen molar-refractivity contribution in [3.05, 3.63) is 29.8 Å². The molecule has 1 fully saturated rings. The quantitative estimate of drug-likeness (QED) is 0.725. The van der Waals surface area contributed by atoms with E-state index in [-0.39, 0.29) is 11.7 Å². The average Bonchev–Trinajstić information content (AvgIpc) is 3.30. The van der Waals surface area contributed by atoms with Crippen LogP contribution in [0.2, 0.25) is 0 Å². The second kappa shape index (κ2) is 6.47. The number of carbonyl (C=O) groups is 1. The van der Waals surface area contributed by atoms with Crippen LogP contribution in [-0.2, 0) is 21.5 Å². The van der Waals surface area contributed by atoms with Crippen LogP contribution in [0.1, 0.15) is 38.7 Å². The van der Waals surface area contributed by atoms with Gasteiger partial charge in [-0.3, -0.25) is 4.79 Å². The minimum absolute atomic E-state index is 0.0603. The Labute approximate surface area is 126 Å². The van der Waals surface area contributed by atoms with Crippen LogP contribution >= 0.6 is 0 Å². The standard InChI is InChI=1S/C15H21NO4S/c1-3-15(17)16(13-7-8-13)11-12-5-9-14(10-6-12)20-21(18,19)4-2/h5-6,9-10,13H,3-4,7-8,11H2,1-2H3. The summed E-state index contributed by atoms with van der Waals surface area (Å²) in [4.78, 5) is 13.8. The maximum atomic E-state index is 11.9. The first kappa shape index (κ1) is 15.8. The molecule has 0 saturated heterocycles. The molecule has 1 saturated carbocycles. The monoisotopic (exact) mass is 311 g/mol. The number of hydrogen-bond acceptors (Lipinski definition) is 4. The molecule has 0 N–H and O–H groups in total. The predicted molar refractivity (Wildman–Crippen MR) is 80.4 cm³/mol. The normalized spacial score (nSPS) is 14.8. The van der Waals surface area contributed by atoms with Crippen molar-refractivity contribution in [3.63, 3.8) is 0 Å². The summed E-state index contributed by atoms with van der Waals surface area (Å²) in [5.74, 6) is 0.404. The maximum absolute atomic E-state index is 11.9. The van der Waals surface area contributed by atoms with Gasteiger partial charge in [0.25, 0.3) is 0 Å². The van der Waals surface area contributed by atoms with E-state index in [0.717, 1.165) is 18.4 Å². The van der Waals surface area contributed by atoms with Gasteiger partial charge in [-0.25, -0.2) is 0 Å². The van der Waals surface area contributed by atoms with E-state index in [1.54, 1.807) is 24.3 Å². The van der Waals surface area contributed by atoms with Crippen LogP contribution in [0, 0.1) is 0 Å². The van der Waals surface area contributed by atoms with Crippen molar-refractivity contribution in [2.75, 3.05) is 5.75 Å². The number of rotatable bonds is 7. The molecule has 1 aliphatic rings. The number of nitrogens with zero attached hydrogens (tertiary/aromatic N) is 1. The zero-order valence-corrected chi connectivity index (χ0v) is 13.2. The summed E-state index contributed by atoms with van der Waals surface area (Å²) in [5.41, 5.74) is 0.977. The molecule has 21 heavy (non-hydrogen) atoms. The first-order valence-electron chi connectivity index (χ1n) is 7.25. The summed E-state index contributed by atoms with van der Waals surface area (Å²) in [5, 5.41) is 0. The van der Waals surface area contributed by atoms with Crippen molar-refractivity contribution in [1.82, 2.24) is 4.90 Å². The molecule has 116 valence electrons. The van der Waals surface area contributed by atoms with E-state index in [1.165, 1.54) is 6.92 Å². The first-order chi connectivity index (χ1) is 9.95. The topological polar surface area (TPSA) is 63.7 Å². The summed E-state index contributed by atoms with van der Waals surface area (Å²) in [7, 11) is -3.49. The van der Waals surface area contributed by atoms with Crippen LogP contribution in [0.15, 0.2) is 24.3 Å². The van der Waals surface area contributed by atoms with E-state index in [4.69, 9.17) is 4.18 Å². The summed E-state index contributed by atoms with van der Waals surface area (Å²) in [6.45, 7) is 3.97. The summed E-state index contributed by atoms with van der Waals surface area (Å²) < 4.78 is 27.7. The number of amides is 1. The highest BCUT2D eigenvalue weighted by atomic mass is 32.2. The van der Waals surface area contributed by atoms with E-state index in [0.29, 0.717) is 24.8 Å². The lowest BCUT2D eigenvalue weighted by molar-refractivity contribution is -0.132. The van der Waals surface area contributed by atoms with Gasteiger partial charge in [0.05, 0.1) is 5.75 Å². The van der Waals surface area contributed by atoms with Gasteiger partial charge in [-0.15, -0.1) is 0 Å². The van der Waals surface area contributed by atoms with Crippen LogP contribution in [0.25, 0.3) is 0 Å². The molecule has 0 aromatic heterocycles. The Morgan fingerprint density at radius 2 is 1.86 bits per heavy atom. The van der Waals surface area contributed by atoms with Crippen LogP contribution in [-0.4, -0.2) is 31.0 Å². The van der Waals surface area contributed by atoms with E-state index < -0.39 is 10.1 Å². The fourth-order valence-corrected chi connectivity index (χ4v) is 2.59. The van der Waals surface area contributed by atoms with Crippen molar-refractivity contribution in [3.8, 4) is 5.75 Å². The Bertz CT molecular complexity index is 591. The predicted octanol–water partition coefficient (Wildman–Crippen LogP) is 2.32. The average molecular weight is 311 g/mol. The molecule has 1 aliphatic carbocycles. The largest absolute Gasteiger partial charge is 0.382 e. The fraction of sp³-hybridized carbons (Fsp3) is 0.533. The van der Waals surface area contributed by atoms with E-state index >= 15 is 0 Å². The molecule has 0 unspecified atom stereocenters. The molecule has 2 rings (SSSR count). The van der Waals surface area contributed by atoms with Crippen molar-refractivity contribution in [2.45, 2.75) is 45.7 Å². The van der Waals surface area contributed by atoms with Crippen LogP contribution in [0.4, 0.5) is 0 Å². The van der Waals surface area contributed by atoms with Crippen LogP contribution in [0.3, 0.4) is 0 Å². The lowest BCUT2D eigenvalue weighted by atomic mass is 10.2. The highest BCUT2D eigenvalue weighted by molar-refractivity contribution is 7.87.